The fourth-order valence-corrected chi connectivity index (χ4v) is 4.53. The molecule has 0 saturated carbocycles. The number of nitrogens with one attached hydrogen (secondary N) is 3. The molecular formula is C27H23N5O3S2. The monoisotopic (exact) mass is 529 g/mol. The molecule has 0 aliphatic carbocycles. The normalized spacial score (nSPS) is 11.9. The van der Waals surface area contributed by atoms with Crippen LogP contribution in [0.4, 0.5) is 10.8 Å². The average molecular weight is 530 g/mol. The second-order valence-electron chi connectivity index (χ2n) is 7.73. The topological polar surface area (TPSA) is 113 Å². The van der Waals surface area contributed by atoms with Crippen LogP contribution >= 0.6 is 23.1 Å². The number of carbonyl (C=O) groups excluding carboxylic acids is 3. The minimum absolute atomic E-state index is 0.0767. The van der Waals surface area contributed by atoms with Crippen molar-refractivity contribution in [3.8, 4) is 0 Å². The van der Waals surface area contributed by atoms with Gasteiger partial charge in [-0.2, -0.15) is 0 Å². The van der Waals surface area contributed by atoms with Crippen molar-refractivity contribution in [3.63, 3.8) is 0 Å². The standard InChI is InChI=1S/C27H23N5O3S2/c1-18(24(33)32-27-29-14-15-36-27)37-22-11-9-21(10-12-22)30-26(35)23(16-19-6-5-13-28-17-19)31-25(34)20-7-3-2-4-8-20/h2-18H,1H3,(H,30,35)(H,31,34)(H,29,32,33)/b23-16-. The van der Waals surface area contributed by atoms with E-state index in [0.29, 0.717) is 21.9 Å². The molecule has 8 nitrogen and oxygen atoms in total. The number of amides is 3. The molecule has 0 spiro atoms. The lowest BCUT2D eigenvalue weighted by Gasteiger charge is -2.13. The molecule has 186 valence electrons. The SMILES string of the molecule is CC(Sc1ccc(NC(=O)/C(=C/c2cccnc2)NC(=O)c2ccccc2)cc1)C(=O)Nc1nccs1. The van der Waals surface area contributed by atoms with Crippen LogP contribution in [0.1, 0.15) is 22.8 Å². The highest BCUT2D eigenvalue weighted by Gasteiger charge is 2.17. The first-order chi connectivity index (χ1) is 18.0. The van der Waals surface area contributed by atoms with Crippen molar-refractivity contribution in [1.82, 2.24) is 15.3 Å². The summed E-state index contributed by atoms with van der Waals surface area (Å²) in [5.74, 6) is -1.02. The Bertz CT molecular complexity index is 1380. The molecule has 0 saturated heterocycles. The number of rotatable bonds is 9. The van der Waals surface area contributed by atoms with E-state index in [9.17, 15) is 14.4 Å². The summed E-state index contributed by atoms with van der Waals surface area (Å²) in [5.41, 5.74) is 1.72. The zero-order valence-corrected chi connectivity index (χ0v) is 21.4. The van der Waals surface area contributed by atoms with E-state index in [2.05, 4.69) is 25.9 Å². The number of benzene rings is 2. The summed E-state index contributed by atoms with van der Waals surface area (Å²) in [6.07, 6.45) is 6.42. The third-order valence-corrected chi connectivity index (χ3v) is 6.78. The number of hydrogen-bond acceptors (Lipinski definition) is 7. The van der Waals surface area contributed by atoms with Gasteiger partial charge in [0.2, 0.25) is 5.91 Å². The minimum Gasteiger partial charge on any atom is -0.321 e. The first-order valence-corrected chi connectivity index (χ1v) is 13.0. The Morgan fingerprint density at radius 2 is 1.73 bits per heavy atom. The van der Waals surface area contributed by atoms with Crippen molar-refractivity contribution in [2.24, 2.45) is 0 Å². The van der Waals surface area contributed by atoms with Crippen LogP contribution in [0.25, 0.3) is 6.08 Å². The molecule has 1 atom stereocenters. The van der Waals surface area contributed by atoms with Gasteiger partial charge in [0.1, 0.15) is 5.70 Å². The summed E-state index contributed by atoms with van der Waals surface area (Å²) in [6, 6.07) is 19.3. The van der Waals surface area contributed by atoms with Gasteiger partial charge in [0, 0.05) is 40.1 Å². The van der Waals surface area contributed by atoms with Gasteiger partial charge in [-0.15, -0.1) is 23.1 Å². The number of nitrogens with zero attached hydrogens (tertiary/aromatic N) is 2. The molecule has 2 heterocycles. The average Bonchev–Trinajstić information content (AvgIpc) is 3.43. The largest absolute Gasteiger partial charge is 0.321 e. The number of carbonyl (C=O) groups is 3. The van der Waals surface area contributed by atoms with Gasteiger partial charge in [-0.3, -0.25) is 19.4 Å². The number of hydrogen-bond donors (Lipinski definition) is 3. The van der Waals surface area contributed by atoms with Gasteiger partial charge in [0.25, 0.3) is 11.8 Å². The first-order valence-electron chi connectivity index (χ1n) is 11.2. The molecule has 4 rings (SSSR count). The molecule has 37 heavy (non-hydrogen) atoms. The zero-order valence-electron chi connectivity index (χ0n) is 19.8. The van der Waals surface area contributed by atoms with E-state index < -0.39 is 11.8 Å². The molecular weight excluding hydrogens is 506 g/mol. The molecule has 3 amide bonds. The van der Waals surface area contributed by atoms with Crippen LogP contribution in [0.5, 0.6) is 0 Å². The summed E-state index contributed by atoms with van der Waals surface area (Å²) < 4.78 is 0. The second-order valence-corrected chi connectivity index (χ2v) is 10.0. The van der Waals surface area contributed by atoms with Crippen molar-refractivity contribution in [1.29, 1.82) is 0 Å². The Hall–Kier alpha value is -4.28. The van der Waals surface area contributed by atoms with Crippen molar-refractivity contribution < 1.29 is 14.4 Å². The molecule has 0 aliphatic rings. The minimum atomic E-state index is -0.482. The predicted octanol–water partition coefficient (Wildman–Crippen LogP) is 5.07. The fraction of sp³-hybridized carbons (Fsp3) is 0.0741. The van der Waals surface area contributed by atoms with Crippen molar-refractivity contribution in [3.05, 3.63) is 108 Å². The number of pyridine rings is 1. The lowest BCUT2D eigenvalue weighted by Crippen LogP contribution is -2.30. The first kappa shape index (κ1) is 25.8. The fourth-order valence-electron chi connectivity index (χ4n) is 3.14. The lowest BCUT2D eigenvalue weighted by molar-refractivity contribution is -0.115. The maximum Gasteiger partial charge on any atom is 0.272 e. The van der Waals surface area contributed by atoms with Gasteiger partial charge in [0.05, 0.1) is 5.25 Å². The van der Waals surface area contributed by atoms with Gasteiger partial charge in [-0.05, 0) is 61.0 Å². The highest BCUT2D eigenvalue weighted by molar-refractivity contribution is 8.00. The van der Waals surface area contributed by atoms with Crippen LogP contribution < -0.4 is 16.0 Å². The van der Waals surface area contributed by atoms with Crippen molar-refractivity contribution in [2.45, 2.75) is 17.1 Å². The molecule has 10 heteroatoms. The molecule has 2 aromatic carbocycles. The molecule has 0 aliphatic heterocycles. The summed E-state index contributed by atoms with van der Waals surface area (Å²) in [6.45, 7) is 1.81. The summed E-state index contributed by atoms with van der Waals surface area (Å²) in [5, 5.41) is 10.3. The molecule has 2 aromatic heterocycles. The van der Waals surface area contributed by atoms with Gasteiger partial charge >= 0.3 is 0 Å². The summed E-state index contributed by atoms with van der Waals surface area (Å²) in [7, 11) is 0. The van der Waals surface area contributed by atoms with Gasteiger partial charge in [-0.25, -0.2) is 4.98 Å². The molecule has 0 fully saturated rings. The van der Waals surface area contributed by atoms with Gasteiger partial charge < -0.3 is 16.0 Å². The number of thiazole rings is 1. The van der Waals surface area contributed by atoms with Crippen LogP contribution in [-0.4, -0.2) is 32.9 Å². The predicted molar refractivity (Wildman–Crippen MR) is 147 cm³/mol. The second kappa shape index (κ2) is 12.6. The van der Waals surface area contributed by atoms with Crippen LogP contribution in [0, 0.1) is 0 Å². The maximum absolute atomic E-state index is 13.1. The Labute approximate surface area is 222 Å². The molecule has 0 bridgehead atoms. The van der Waals surface area contributed by atoms with Crippen LogP contribution in [0.2, 0.25) is 0 Å². The molecule has 3 N–H and O–H groups in total. The Balaban J connectivity index is 1.42. The number of thioether (sulfide) groups is 1. The van der Waals surface area contributed by atoms with E-state index in [0.717, 1.165) is 4.90 Å². The quantitative estimate of drug-likeness (QED) is 0.206. The third-order valence-electron chi connectivity index (χ3n) is 4.98. The van der Waals surface area contributed by atoms with E-state index in [4.69, 9.17) is 0 Å². The molecule has 4 aromatic rings. The van der Waals surface area contributed by atoms with Crippen molar-refractivity contribution >= 4 is 57.7 Å². The molecule has 0 radical (unpaired) electrons. The van der Waals surface area contributed by atoms with E-state index in [1.54, 1.807) is 78.6 Å². The maximum atomic E-state index is 13.1. The van der Waals surface area contributed by atoms with Crippen LogP contribution in [0.15, 0.2) is 101 Å². The highest BCUT2D eigenvalue weighted by atomic mass is 32.2. The van der Waals surface area contributed by atoms with Crippen molar-refractivity contribution in [2.75, 3.05) is 10.6 Å². The molecule has 1 unspecified atom stereocenters. The Morgan fingerprint density at radius 3 is 2.41 bits per heavy atom. The summed E-state index contributed by atoms with van der Waals surface area (Å²) >= 11 is 2.75. The zero-order chi connectivity index (χ0) is 26.0. The van der Waals surface area contributed by atoms with Crippen LogP contribution in [-0.2, 0) is 9.59 Å². The smallest absolute Gasteiger partial charge is 0.272 e. The van der Waals surface area contributed by atoms with Gasteiger partial charge in [0.15, 0.2) is 5.13 Å². The van der Waals surface area contributed by atoms with E-state index >= 15 is 0 Å². The highest BCUT2D eigenvalue weighted by Crippen LogP contribution is 2.26. The summed E-state index contributed by atoms with van der Waals surface area (Å²) in [4.78, 5) is 47.2. The number of aromatic nitrogens is 2. The lowest BCUT2D eigenvalue weighted by atomic mass is 10.2. The third kappa shape index (κ3) is 7.60. The Morgan fingerprint density at radius 1 is 0.946 bits per heavy atom. The van der Waals surface area contributed by atoms with Crippen LogP contribution in [0.3, 0.4) is 0 Å². The Kier molecular flexibility index (Phi) is 8.79. The van der Waals surface area contributed by atoms with Gasteiger partial charge in [-0.1, -0.05) is 24.3 Å². The van der Waals surface area contributed by atoms with E-state index in [-0.39, 0.29) is 16.9 Å². The number of anilines is 2. The van der Waals surface area contributed by atoms with E-state index in [1.165, 1.54) is 23.1 Å². The van der Waals surface area contributed by atoms with E-state index in [1.807, 2.05) is 25.1 Å².